The zero-order valence-electron chi connectivity index (χ0n) is 21.0. The van der Waals surface area contributed by atoms with Crippen LogP contribution < -0.4 is 0 Å². The van der Waals surface area contributed by atoms with Gasteiger partial charge in [-0.1, -0.05) is 87.4 Å². The largest absolute Gasteiger partial charge is 0.458 e. The summed E-state index contributed by atoms with van der Waals surface area (Å²) in [7, 11) is 0. The summed E-state index contributed by atoms with van der Waals surface area (Å²) in [5, 5.41) is 0. The summed E-state index contributed by atoms with van der Waals surface area (Å²) >= 11 is 0. The zero-order chi connectivity index (χ0) is 25.0. The van der Waals surface area contributed by atoms with Gasteiger partial charge in [0.1, 0.15) is 13.2 Å². The number of hydrogen-bond donors (Lipinski definition) is 0. The van der Waals surface area contributed by atoms with Gasteiger partial charge in [0.25, 0.3) is 0 Å². The van der Waals surface area contributed by atoms with E-state index in [1.54, 1.807) is 6.92 Å². The molecule has 1 aliphatic carbocycles. The third-order valence-corrected chi connectivity index (χ3v) is 6.96. The number of benzene rings is 2. The van der Waals surface area contributed by atoms with Gasteiger partial charge < -0.3 is 9.47 Å². The predicted octanol–water partition coefficient (Wildman–Crippen LogP) is 6.91. The van der Waals surface area contributed by atoms with Gasteiger partial charge in [-0.3, -0.25) is 0 Å². The molecule has 1 saturated carbocycles. The van der Waals surface area contributed by atoms with Gasteiger partial charge in [-0.2, -0.15) is 0 Å². The number of hydrogen-bond acceptors (Lipinski definition) is 4. The molecule has 0 heterocycles. The van der Waals surface area contributed by atoms with Crippen LogP contribution in [0.2, 0.25) is 0 Å². The van der Waals surface area contributed by atoms with Crippen LogP contribution in [0.1, 0.15) is 67.7 Å². The van der Waals surface area contributed by atoms with Crippen LogP contribution in [0.3, 0.4) is 0 Å². The molecular formula is C31H38O4. The molecule has 1 fully saturated rings. The minimum atomic E-state index is -0.388. The average molecular weight is 475 g/mol. The number of esters is 2. The van der Waals surface area contributed by atoms with Crippen LogP contribution in [0.4, 0.5) is 0 Å². The summed E-state index contributed by atoms with van der Waals surface area (Å²) in [5.74, 6) is 0.911. The fourth-order valence-corrected chi connectivity index (χ4v) is 4.64. The van der Waals surface area contributed by atoms with E-state index in [1.807, 2.05) is 12.1 Å². The lowest BCUT2D eigenvalue weighted by Crippen LogP contribution is -2.15. The quantitative estimate of drug-likeness (QED) is 0.248. The first-order valence-electron chi connectivity index (χ1n) is 12.7. The first-order valence-corrected chi connectivity index (χ1v) is 12.7. The van der Waals surface area contributed by atoms with Crippen LogP contribution in [0.25, 0.3) is 0 Å². The van der Waals surface area contributed by atoms with Gasteiger partial charge in [0.2, 0.25) is 0 Å². The Morgan fingerprint density at radius 1 is 0.771 bits per heavy atom. The highest BCUT2D eigenvalue weighted by molar-refractivity contribution is 5.86. The second kappa shape index (κ2) is 13.7. The fraction of sp³-hybridized carbons (Fsp3) is 0.419. The summed E-state index contributed by atoms with van der Waals surface area (Å²) < 4.78 is 10.3. The van der Waals surface area contributed by atoms with Crippen LogP contribution in [0.5, 0.6) is 0 Å². The second-order valence-corrected chi connectivity index (χ2v) is 9.77. The number of carbonyl (C=O) groups excluding carboxylic acids is 2. The van der Waals surface area contributed by atoms with Gasteiger partial charge in [0, 0.05) is 11.6 Å². The maximum absolute atomic E-state index is 11.5. The van der Waals surface area contributed by atoms with Crippen LogP contribution in [-0.2, 0) is 45.1 Å². The van der Waals surface area contributed by atoms with Crippen LogP contribution in [-0.4, -0.2) is 11.9 Å². The second-order valence-electron chi connectivity index (χ2n) is 9.77. The number of ether oxygens (including phenoxy) is 2. The lowest BCUT2D eigenvalue weighted by atomic mass is 9.77. The van der Waals surface area contributed by atoms with Crippen molar-refractivity contribution in [3.05, 3.63) is 95.6 Å². The Bertz CT molecular complexity index is 980. The Morgan fingerprint density at radius 3 is 1.57 bits per heavy atom. The highest BCUT2D eigenvalue weighted by atomic mass is 16.5. The Kier molecular flexibility index (Phi) is 10.3. The molecule has 0 spiro atoms. The molecule has 35 heavy (non-hydrogen) atoms. The number of rotatable bonds is 12. The fourth-order valence-electron chi connectivity index (χ4n) is 4.64. The lowest BCUT2D eigenvalue weighted by molar-refractivity contribution is -0.140. The van der Waals surface area contributed by atoms with Gasteiger partial charge in [0.15, 0.2) is 0 Å². The van der Waals surface area contributed by atoms with E-state index in [9.17, 15) is 9.59 Å². The average Bonchev–Trinajstić information content (AvgIpc) is 2.89. The van der Waals surface area contributed by atoms with Crippen molar-refractivity contribution in [2.75, 3.05) is 0 Å². The van der Waals surface area contributed by atoms with Crippen molar-refractivity contribution in [3.63, 3.8) is 0 Å². The summed E-state index contributed by atoms with van der Waals surface area (Å²) in [6.07, 6.45) is 11.2. The summed E-state index contributed by atoms with van der Waals surface area (Å²) in [6.45, 7) is 9.27. The highest BCUT2D eigenvalue weighted by Gasteiger charge is 2.21. The van der Waals surface area contributed by atoms with E-state index in [-0.39, 0.29) is 11.9 Å². The van der Waals surface area contributed by atoms with Crippen LogP contribution in [0, 0.1) is 11.8 Å². The maximum atomic E-state index is 11.5. The lowest BCUT2D eigenvalue weighted by Gasteiger charge is -2.28. The normalized spacial score (nSPS) is 17.4. The minimum Gasteiger partial charge on any atom is -0.458 e. The van der Waals surface area contributed by atoms with E-state index < -0.39 is 0 Å². The first-order chi connectivity index (χ1) is 16.9. The van der Waals surface area contributed by atoms with Gasteiger partial charge in [-0.05, 0) is 66.7 Å². The molecule has 0 atom stereocenters. The summed E-state index contributed by atoms with van der Waals surface area (Å²) in [5.41, 5.74) is 5.14. The number of carbonyl (C=O) groups is 2. The van der Waals surface area contributed by atoms with E-state index >= 15 is 0 Å². The molecule has 186 valence electrons. The van der Waals surface area contributed by atoms with Crippen molar-refractivity contribution in [2.45, 2.75) is 71.5 Å². The first kappa shape index (κ1) is 26.5. The molecule has 0 bridgehead atoms. The molecule has 0 radical (unpaired) electrons. The predicted molar refractivity (Wildman–Crippen MR) is 140 cm³/mol. The van der Waals surface area contributed by atoms with Crippen molar-refractivity contribution >= 4 is 11.9 Å². The van der Waals surface area contributed by atoms with Crippen LogP contribution in [0.15, 0.2) is 73.3 Å². The van der Waals surface area contributed by atoms with Crippen molar-refractivity contribution in [2.24, 2.45) is 11.8 Å². The summed E-state index contributed by atoms with van der Waals surface area (Å²) in [4.78, 5) is 22.7. The van der Waals surface area contributed by atoms with E-state index in [2.05, 4.69) is 49.6 Å². The molecule has 0 N–H and O–H groups in total. The van der Waals surface area contributed by atoms with Crippen molar-refractivity contribution in [3.8, 4) is 0 Å². The SMILES string of the molecule is C=CC(=O)OCc1ccc(CCC2CCC(CCc3ccc(COC(=O)C(=C)C)cc3)CC2)cc1. The Hall–Kier alpha value is -3.14. The Labute approximate surface area is 210 Å². The maximum Gasteiger partial charge on any atom is 0.333 e. The van der Waals surface area contributed by atoms with E-state index in [0.717, 1.165) is 35.8 Å². The molecule has 0 amide bonds. The smallest absolute Gasteiger partial charge is 0.333 e. The molecule has 1 aliphatic rings. The van der Waals surface area contributed by atoms with Crippen molar-refractivity contribution < 1.29 is 19.1 Å². The van der Waals surface area contributed by atoms with E-state index in [1.165, 1.54) is 55.7 Å². The molecule has 3 rings (SSSR count). The molecule has 0 aliphatic heterocycles. The molecule has 0 aromatic heterocycles. The Balaban J connectivity index is 1.31. The zero-order valence-corrected chi connectivity index (χ0v) is 21.0. The van der Waals surface area contributed by atoms with E-state index in [0.29, 0.717) is 18.8 Å². The topological polar surface area (TPSA) is 52.6 Å². The molecular weight excluding hydrogens is 436 g/mol. The van der Waals surface area contributed by atoms with Crippen molar-refractivity contribution in [1.29, 1.82) is 0 Å². The molecule has 2 aromatic carbocycles. The van der Waals surface area contributed by atoms with Crippen LogP contribution >= 0.6 is 0 Å². The molecule has 0 saturated heterocycles. The molecule has 4 nitrogen and oxygen atoms in total. The minimum absolute atomic E-state index is 0.296. The van der Waals surface area contributed by atoms with Crippen molar-refractivity contribution in [1.82, 2.24) is 0 Å². The monoisotopic (exact) mass is 474 g/mol. The summed E-state index contributed by atoms with van der Waals surface area (Å²) in [6, 6.07) is 16.8. The third-order valence-electron chi connectivity index (χ3n) is 6.96. The number of aryl methyl sites for hydroxylation is 2. The molecule has 4 heteroatoms. The van der Waals surface area contributed by atoms with Gasteiger partial charge >= 0.3 is 11.9 Å². The molecule has 2 aromatic rings. The van der Waals surface area contributed by atoms with Gasteiger partial charge in [-0.15, -0.1) is 0 Å². The van der Waals surface area contributed by atoms with E-state index in [4.69, 9.17) is 9.47 Å². The van der Waals surface area contributed by atoms with Gasteiger partial charge in [0.05, 0.1) is 0 Å². The standard InChI is InChI=1S/C31H38O4/c1-4-30(32)34-21-28-17-13-26(14-18-28)11-9-24-5-7-25(8-6-24)10-12-27-15-19-29(20-16-27)22-35-31(33)23(2)3/h4,13-20,24-25H,1-2,5-12,21-22H2,3H3. The Morgan fingerprint density at radius 2 is 1.17 bits per heavy atom. The third kappa shape index (κ3) is 9.20. The molecule has 0 unspecified atom stereocenters. The highest BCUT2D eigenvalue weighted by Crippen LogP contribution is 2.34. The van der Waals surface area contributed by atoms with Gasteiger partial charge in [-0.25, -0.2) is 9.59 Å².